The maximum absolute atomic E-state index is 12.3. The van der Waals surface area contributed by atoms with Crippen LogP contribution in [0.3, 0.4) is 0 Å². The Morgan fingerprint density at radius 2 is 2.00 bits per heavy atom. The van der Waals surface area contributed by atoms with E-state index in [1.54, 1.807) is 23.1 Å². The van der Waals surface area contributed by atoms with Gasteiger partial charge in [-0.05, 0) is 37.5 Å². The quantitative estimate of drug-likeness (QED) is 0.831. The van der Waals surface area contributed by atoms with Crippen LogP contribution in [0.2, 0.25) is 10.0 Å². The van der Waals surface area contributed by atoms with E-state index in [4.69, 9.17) is 23.2 Å². The van der Waals surface area contributed by atoms with Gasteiger partial charge in [0, 0.05) is 5.02 Å². The third-order valence-electron chi connectivity index (χ3n) is 4.12. The van der Waals surface area contributed by atoms with Gasteiger partial charge in [-0.3, -0.25) is 10.1 Å². The number of carbonyl (C=O) groups excluding carboxylic acids is 1. The number of piperidine rings is 1. The number of carbonyl (C=O) groups is 1. The number of amides is 1. The average Bonchev–Trinajstić information content (AvgIpc) is 3.01. The van der Waals surface area contributed by atoms with Gasteiger partial charge in [0.2, 0.25) is 5.13 Å². The van der Waals surface area contributed by atoms with Gasteiger partial charge >= 0.3 is 0 Å². The molecule has 8 heteroatoms. The average molecular weight is 386 g/mol. The lowest BCUT2D eigenvalue weighted by Crippen LogP contribution is -3.13. The molecule has 0 unspecified atom stereocenters. The van der Waals surface area contributed by atoms with Gasteiger partial charge < -0.3 is 4.90 Å². The van der Waals surface area contributed by atoms with Crippen molar-refractivity contribution in [2.75, 3.05) is 25.0 Å². The highest BCUT2D eigenvalue weighted by molar-refractivity contribution is 7.15. The van der Waals surface area contributed by atoms with Gasteiger partial charge in [0.15, 0.2) is 0 Å². The Labute approximate surface area is 155 Å². The second-order valence-corrected chi connectivity index (χ2v) is 7.80. The van der Waals surface area contributed by atoms with E-state index in [9.17, 15) is 4.79 Å². The van der Waals surface area contributed by atoms with Crippen LogP contribution in [0.15, 0.2) is 18.2 Å². The highest BCUT2D eigenvalue weighted by Crippen LogP contribution is 2.23. The minimum atomic E-state index is -0.305. The first kappa shape index (κ1) is 17.6. The molecule has 2 N–H and O–H groups in total. The molecule has 1 fully saturated rings. The first-order valence-corrected chi connectivity index (χ1v) is 9.61. The van der Waals surface area contributed by atoms with Crippen LogP contribution < -0.4 is 10.2 Å². The number of aromatic nitrogens is 2. The zero-order valence-electron chi connectivity index (χ0n) is 13.1. The molecule has 1 amide bonds. The Morgan fingerprint density at radius 3 is 2.75 bits per heavy atom. The van der Waals surface area contributed by atoms with Crippen molar-refractivity contribution in [2.24, 2.45) is 0 Å². The minimum absolute atomic E-state index is 0.305. The molecule has 0 atom stereocenters. The molecule has 2 aromatic rings. The molecule has 3 rings (SSSR count). The van der Waals surface area contributed by atoms with E-state index in [0.29, 0.717) is 20.7 Å². The van der Waals surface area contributed by atoms with Crippen LogP contribution in [0.25, 0.3) is 0 Å². The van der Waals surface area contributed by atoms with Gasteiger partial charge in [-0.15, -0.1) is 10.2 Å². The molecule has 128 valence electrons. The van der Waals surface area contributed by atoms with Gasteiger partial charge in [-0.25, -0.2) is 0 Å². The number of likely N-dealkylation sites (tertiary alicyclic amines) is 1. The molecule has 1 saturated heterocycles. The summed E-state index contributed by atoms with van der Waals surface area (Å²) in [6, 6.07) is 4.78. The van der Waals surface area contributed by atoms with Crippen molar-refractivity contribution in [1.82, 2.24) is 10.2 Å². The van der Waals surface area contributed by atoms with E-state index in [1.165, 1.54) is 43.7 Å². The van der Waals surface area contributed by atoms with Crippen molar-refractivity contribution in [3.63, 3.8) is 0 Å². The van der Waals surface area contributed by atoms with Crippen LogP contribution >= 0.6 is 34.5 Å². The third kappa shape index (κ3) is 4.66. The molecule has 1 aromatic heterocycles. The van der Waals surface area contributed by atoms with Gasteiger partial charge in [-0.1, -0.05) is 34.5 Å². The Hall–Kier alpha value is -1.21. The van der Waals surface area contributed by atoms with E-state index < -0.39 is 0 Å². The smallest absolute Gasteiger partial charge is 0.259 e. The number of nitrogens with one attached hydrogen (secondary N) is 2. The summed E-state index contributed by atoms with van der Waals surface area (Å²) in [5.41, 5.74) is 0.371. The Balaban J connectivity index is 1.56. The molecule has 24 heavy (non-hydrogen) atoms. The molecular weight excluding hydrogens is 367 g/mol. The predicted octanol–water partition coefficient (Wildman–Crippen LogP) is 2.71. The summed E-state index contributed by atoms with van der Waals surface area (Å²) >= 11 is 13.3. The van der Waals surface area contributed by atoms with Crippen molar-refractivity contribution in [1.29, 1.82) is 0 Å². The lowest BCUT2D eigenvalue weighted by atomic mass is 10.1. The molecule has 0 spiro atoms. The first-order valence-electron chi connectivity index (χ1n) is 8.04. The summed E-state index contributed by atoms with van der Waals surface area (Å²) in [5, 5.41) is 13.2. The van der Waals surface area contributed by atoms with Crippen molar-refractivity contribution >= 4 is 45.6 Å². The fraction of sp³-hybridized carbons (Fsp3) is 0.438. The number of hydrogen-bond donors (Lipinski definition) is 2. The Morgan fingerprint density at radius 1 is 1.21 bits per heavy atom. The van der Waals surface area contributed by atoms with Gasteiger partial charge in [0.1, 0.15) is 5.01 Å². The largest absolute Gasteiger partial charge is 0.335 e. The number of rotatable bonds is 5. The number of nitrogens with zero attached hydrogens (tertiary/aromatic N) is 2. The lowest BCUT2D eigenvalue weighted by Gasteiger charge is -2.22. The van der Waals surface area contributed by atoms with Gasteiger partial charge in [-0.2, -0.15) is 0 Å². The predicted molar refractivity (Wildman–Crippen MR) is 97.4 cm³/mol. The van der Waals surface area contributed by atoms with Crippen molar-refractivity contribution in [3.05, 3.63) is 38.8 Å². The van der Waals surface area contributed by atoms with Crippen LogP contribution in [-0.4, -0.2) is 35.7 Å². The Kier molecular flexibility index (Phi) is 6.05. The number of benzene rings is 1. The molecule has 1 aliphatic heterocycles. The summed E-state index contributed by atoms with van der Waals surface area (Å²) in [6.45, 7) is 3.57. The van der Waals surface area contributed by atoms with Gasteiger partial charge in [0.05, 0.1) is 36.6 Å². The molecule has 2 heterocycles. The first-order chi connectivity index (χ1) is 11.6. The monoisotopic (exact) mass is 385 g/mol. The number of quaternary nitrogens is 1. The molecule has 0 aliphatic carbocycles. The minimum Gasteiger partial charge on any atom is -0.335 e. The molecular formula is C16H19Cl2N4OS+. The summed E-state index contributed by atoms with van der Waals surface area (Å²) < 4.78 is 0. The van der Waals surface area contributed by atoms with E-state index in [-0.39, 0.29) is 5.91 Å². The zero-order valence-corrected chi connectivity index (χ0v) is 15.5. The maximum Gasteiger partial charge on any atom is 0.259 e. The molecule has 0 saturated carbocycles. The fourth-order valence-electron chi connectivity index (χ4n) is 2.83. The highest BCUT2D eigenvalue weighted by atomic mass is 35.5. The summed E-state index contributed by atoms with van der Waals surface area (Å²) in [5.74, 6) is -0.305. The Bertz CT molecular complexity index is 716. The third-order valence-corrected chi connectivity index (χ3v) is 5.56. The van der Waals surface area contributed by atoms with Crippen LogP contribution in [0.4, 0.5) is 5.13 Å². The van der Waals surface area contributed by atoms with Crippen molar-refractivity contribution in [3.8, 4) is 0 Å². The van der Waals surface area contributed by atoms with E-state index in [1.807, 2.05) is 0 Å². The molecule has 1 aromatic carbocycles. The maximum atomic E-state index is 12.3. The summed E-state index contributed by atoms with van der Waals surface area (Å²) in [7, 11) is 0. The number of anilines is 1. The molecule has 0 bridgehead atoms. The molecule has 0 radical (unpaired) electrons. The zero-order chi connectivity index (χ0) is 16.9. The van der Waals surface area contributed by atoms with Crippen LogP contribution in [0.5, 0.6) is 0 Å². The van der Waals surface area contributed by atoms with E-state index >= 15 is 0 Å². The van der Waals surface area contributed by atoms with Gasteiger partial charge in [0.25, 0.3) is 5.91 Å². The highest BCUT2D eigenvalue weighted by Gasteiger charge is 2.16. The number of halogens is 2. The number of hydrogen-bond acceptors (Lipinski definition) is 4. The topological polar surface area (TPSA) is 59.3 Å². The molecule has 1 aliphatic rings. The summed E-state index contributed by atoms with van der Waals surface area (Å²) in [6.07, 6.45) is 4.87. The second-order valence-electron chi connectivity index (χ2n) is 5.89. The van der Waals surface area contributed by atoms with E-state index in [2.05, 4.69) is 15.5 Å². The lowest BCUT2D eigenvalue weighted by molar-refractivity contribution is -0.904. The van der Waals surface area contributed by atoms with Crippen LogP contribution in [-0.2, 0) is 6.42 Å². The van der Waals surface area contributed by atoms with Crippen molar-refractivity contribution in [2.45, 2.75) is 25.7 Å². The summed E-state index contributed by atoms with van der Waals surface area (Å²) in [4.78, 5) is 13.9. The van der Waals surface area contributed by atoms with Crippen LogP contribution in [0, 0.1) is 0 Å². The standard InChI is InChI=1S/C16H18Cl2N4OS/c17-11-4-5-12(13(18)10-11)15(23)19-16-21-20-14(24-16)6-9-22-7-2-1-3-8-22/h4-5,10H,1-3,6-9H2,(H,19,21,23)/p+1. The van der Waals surface area contributed by atoms with E-state index in [0.717, 1.165) is 18.0 Å². The molecule has 5 nitrogen and oxygen atoms in total. The second kappa shape index (κ2) is 8.25. The SMILES string of the molecule is O=C(Nc1nnc(CC[NH+]2CCCCC2)s1)c1ccc(Cl)cc1Cl. The van der Waals surface area contributed by atoms with Crippen LogP contribution in [0.1, 0.15) is 34.6 Å². The fourth-order valence-corrected chi connectivity index (χ4v) is 4.06. The normalized spacial score (nSPS) is 15.4. The van der Waals surface area contributed by atoms with Crippen molar-refractivity contribution < 1.29 is 9.69 Å².